The minimum Gasteiger partial charge on any atom is -0.393 e. The van der Waals surface area contributed by atoms with Gasteiger partial charge in [0, 0.05) is 17.6 Å². The van der Waals surface area contributed by atoms with Crippen molar-refractivity contribution in [1.29, 1.82) is 0 Å². The first-order valence-electron chi connectivity index (χ1n) is 6.93. The summed E-state index contributed by atoms with van der Waals surface area (Å²) < 4.78 is 27.1. The Morgan fingerprint density at radius 3 is 2.37 bits per heavy atom. The summed E-state index contributed by atoms with van der Waals surface area (Å²) >= 11 is 0. The maximum atomic E-state index is 13.5. The Kier molecular flexibility index (Phi) is 4.88. The van der Waals surface area contributed by atoms with Crippen LogP contribution in [0.15, 0.2) is 18.2 Å². The second kappa shape index (κ2) is 6.44. The van der Waals surface area contributed by atoms with Crippen molar-refractivity contribution in [3.05, 3.63) is 35.4 Å². The number of halogens is 2. The summed E-state index contributed by atoms with van der Waals surface area (Å²) in [7, 11) is 0. The van der Waals surface area contributed by atoms with E-state index >= 15 is 0 Å². The molecule has 2 nitrogen and oxygen atoms in total. The van der Waals surface area contributed by atoms with Gasteiger partial charge in [0.1, 0.15) is 11.6 Å². The molecule has 1 saturated carbocycles. The van der Waals surface area contributed by atoms with Crippen molar-refractivity contribution in [3.63, 3.8) is 0 Å². The molecule has 0 aromatic heterocycles. The molecular weight excluding hydrogens is 248 g/mol. The molecule has 106 valence electrons. The van der Waals surface area contributed by atoms with E-state index in [1.165, 1.54) is 18.2 Å². The van der Waals surface area contributed by atoms with Gasteiger partial charge in [-0.25, -0.2) is 8.78 Å². The van der Waals surface area contributed by atoms with E-state index in [2.05, 4.69) is 5.32 Å². The van der Waals surface area contributed by atoms with Crippen LogP contribution in [0, 0.1) is 11.6 Å². The molecule has 1 fully saturated rings. The van der Waals surface area contributed by atoms with Gasteiger partial charge in [0.15, 0.2) is 0 Å². The molecule has 0 saturated heterocycles. The highest BCUT2D eigenvalue weighted by Gasteiger charge is 2.21. The molecule has 2 rings (SSSR count). The molecule has 1 aliphatic carbocycles. The number of hydrogen-bond acceptors (Lipinski definition) is 2. The summed E-state index contributed by atoms with van der Waals surface area (Å²) in [6.07, 6.45) is 3.61. The standard InChI is InChI=1S/C15H21F2NO/c1-10(18-11-5-7-12(19)8-6-11)9-13-14(16)3-2-4-15(13)17/h2-4,10-12,18-19H,5-9H2,1H3. The summed E-state index contributed by atoms with van der Waals surface area (Å²) in [5.41, 5.74) is 0.151. The molecule has 2 N–H and O–H groups in total. The van der Waals surface area contributed by atoms with Crippen molar-refractivity contribution >= 4 is 0 Å². The monoisotopic (exact) mass is 269 g/mol. The van der Waals surface area contributed by atoms with Gasteiger partial charge in [-0.3, -0.25) is 0 Å². The van der Waals surface area contributed by atoms with Gasteiger partial charge in [-0.1, -0.05) is 6.07 Å². The van der Waals surface area contributed by atoms with Crippen molar-refractivity contribution in [1.82, 2.24) is 5.32 Å². The lowest BCUT2D eigenvalue weighted by atomic mass is 9.92. The maximum absolute atomic E-state index is 13.5. The van der Waals surface area contributed by atoms with E-state index in [1.54, 1.807) is 0 Å². The zero-order chi connectivity index (χ0) is 13.8. The third-order valence-electron chi connectivity index (χ3n) is 3.79. The second-order valence-electron chi connectivity index (χ2n) is 5.48. The quantitative estimate of drug-likeness (QED) is 0.881. The van der Waals surface area contributed by atoms with Crippen LogP contribution in [0.5, 0.6) is 0 Å². The van der Waals surface area contributed by atoms with E-state index < -0.39 is 11.6 Å². The van der Waals surface area contributed by atoms with Crippen LogP contribution in [0.1, 0.15) is 38.2 Å². The minimum atomic E-state index is -0.479. The lowest BCUT2D eigenvalue weighted by Gasteiger charge is -2.29. The Hall–Kier alpha value is -1.00. The first kappa shape index (κ1) is 14.4. The average Bonchev–Trinajstić information content (AvgIpc) is 2.37. The van der Waals surface area contributed by atoms with E-state index in [0.29, 0.717) is 12.5 Å². The van der Waals surface area contributed by atoms with E-state index in [9.17, 15) is 13.9 Å². The highest BCUT2D eigenvalue weighted by molar-refractivity contribution is 5.20. The van der Waals surface area contributed by atoms with Crippen molar-refractivity contribution < 1.29 is 13.9 Å². The average molecular weight is 269 g/mol. The maximum Gasteiger partial charge on any atom is 0.129 e. The summed E-state index contributed by atoms with van der Waals surface area (Å²) in [6.45, 7) is 1.94. The molecule has 0 amide bonds. The molecule has 1 aromatic rings. The fraction of sp³-hybridized carbons (Fsp3) is 0.600. The smallest absolute Gasteiger partial charge is 0.129 e. The Morgan fingerprint density at radius 1 is 1.21 bits per heavy atom. The third-order valence-corrected chi connectivity index (χ3v) is 3.79. The summed E-state index contributed by atoms with van der Waals surface area (Å²) in [5.74, 6) is -0.958. The van der Waals surface area contributed by atoms with Crippen molar-refractivity contribution in [3.8, 4) is 0 Å². The number of hydrogen-bond donors (Lipinski definition) is 2. The lowest BCUT2D eigenvalue weighted by molar-refractivity contribution is 0.114. The number of aliphatic hydroxyl groups excluding tert-OH is 1. The molecule has 19 heavy (non-hydrogen) atoms. The Morgan fingerprint density at radius 2 is 1.79 bits per heavy atom. The molecular formula is C15H21F2NO. The van der Waals surface area contributed by atoms with E-state index in [-0.39, 0.29) is 17.7 Å². The molecule has 1 aromatic carbocycles. The van der Waals surface area contributed by atoms with Crippen molar-refractivity contribution in [2.24, 2.45) is 0 Å². The summed E-state index contributed by atoms with van der Waals surface area (Å²) in [4.78, 5) is 0. The van der Waals surface area contributed by atoms with Crippen LogP contribution in [-0.2, 0) is 6.42 Å². The minimum absolute atomic E-state index is 0.0200. The van der Waals surface area contributed by atoms with E-state index in [4.69, 9.17) is 0 Å². The molecule has 0 heterocycles. The number of benzene rings is 1. The van der Waals surface area contributed by atoms with Crippen LogP contribution in [-0.4, -0.2) is 23.3 Å². The van der Waals surface area contributed by atoms with Crippen LogP contribution in [0.3, 0.4) is 0 Å². The number of rotatable bonds is 4. The fourth-order valence-electron chi connectivity index (χ4n) is 2.74. The van der Waals surface area contributed by atoms with Gasteiger partial charge >= 0.3 is 0 Å². The Balaban J connectivity index is 1.89. The van der Waals surface area contributed by atoms with Crippen molar-refractivity contribution in [2.45, 2.75) is 57.2 Å². The number of nitrogens with one attached hydrogen (secondary N) is 1. The molecule has 1 aliphatic rings. The molecule has 1 unspecified atom stereocenters. The Bertz CT molecular complexity index is 396. The third kappa shape index (κ3) is 3.98. The van der Waals surface area contributed by atoms with Crippen LogP contribution >= 0.6 is 0 Å². The van der Waals surface area contributed by atoms with Crippen LogP contribution in [0.4, 0.5) is 8.78 Å². The van der Waals surface area contributed by atoms with Crippen LogP contribution in [0.2, 0.25) is 0 Å². The zero-order valence-corrected chi connectivity index (χ0v) is 11.2. The molecule has 0 aliphatic heterocycles. The highest BCUT2D eigenvalue weighted by Crippen LogP contribution is 2.20. The second-order valence-corrected chi connectivity index (χ2v) is 5.48. The SMILES string of the molecule is CC(Cc1c(F)cccc1F)NC1CCC(O)CC1. The predicted octanol–water partition coefficient (Wildman–Crippen LogP) is 2.79. The largest absolute Gasteiger partial charge is 0.393 e. The van der Waals surface area contributed by atoms with Gasteiger partial charge in [0.25, 0.3) is 0 Å². The highest BCUT2D eigenvalue weighted by atomic mass is 19.1. The molecule has 0 bridgehead atoms. The van der Waals surface area contributed by atoms with Gasteiger partial charge in [0.2, 0.25) is 0 Å². The van der Waals surface area contributed by atoms with Gasteiger partial charge < -0.3 is 10.4 Å². The molecule has 0 spiro atoms. The fourth-order valence-corrected chi connectivity index (χ4v) is 2.74. The molecule has 4 heteroatoms. The lowest BCUT2D eigenvalue weighted by Crippen LogP contribution is -2.41. The number of aliphatic hydroxyl groups is 1. The molecule has 1 atom stereocenters. The van der Waals surface area contributed by atoms with Gasteiger partial charge in [-0.05, 0) is 51.2 Å². The topological polar surface area (TPSA) is 32.3 Å². The zero-order valence-electron chi connectivity index (χ0n) is 11.2. The normalized spacial score (nSPS) is 25.3. The van der Waals surface area contributed by atoms with Gasteiger partial charge in [-0.2, -0.15) is 0 Å². The van der Waals surface area contributed by atoms with E-state index in [0.717, 1.165) is 25.7 Å². The first-order chi connectivity index (χ1) is 9.06. The molecule has 0 radical (unpaired) electrons. The summed E-state index contributed by atoms with van der Waals surface area (Å²) in [6, 6.07) is 4.33. The van der Waals surface area contributed by atoms with Gasteiger partial charge in [-0.15, -0.1) is 0 Å². The first-order valence-corrected chi connectivity index (χ1v) is 6.93. The summed E-state index contributed by atoms with van der Waals surface area (Å²) in [5, 5.41) is 12.8. The Labute approximate surface area is 112 Å². The van der Waals surface area contributed by atoms with Crippen LogP contribution in [0.25, 0.3) is 0 Å². The van der Waals surface area contributed by atoms with Gasteiger partial charge in [0.05, 0.1) is 6.10 Å². The van der Waals surface area contributed by atoms with E-state index in [1.807, 2.05) is 6.92 Å². The predicted molar refractivity (Wildman–Crippen MR) is 70.9 cm³/mol. The van der Waals surface area contributed by atoms with Crippen molar-refractivity contribution in [2.75, 3.05) is 0 Å². The van der Waals surface area contributed by atoms with Crippen LogP contribution < -0.4 is 5.32 Å².